The maximum absolute atomic E-state index is 6.54. The molecule has 14 rings (SSSR count). The van der Waals surface area contributed by atoms with Crippen LogP contribution >= 0.6 is 0 Å². The van der Waals surface area contributed by atoms with Gasteiger partial charge in [-0.3, -0.25) is 0 Å². The summed E-state index contributed by atoms with van der Waals surface area (Å²) in [7, 11) is 0. The van der Waals surface area contributed by atoms with E-state index in [-0.39, 0.29) is 0 Å². The molecule has 59 heavy (non-hydrogen) atoms. The van der Waals surface area contributed by atoms with Crippen molar-refractivity contribution in [2.45, 2.75) is 0 Å². The van der Waals surface area contributed by atoms with Gasteiger partial charge in [-0.05, 0) is 76.1 Å². The van der Waals surface area contributed by atoms with Gasteiger partial charge in [-0.25, -0.2) is 9.97 Å². The highest BCUT2D eigenvalue weighted by molar-refractivity contribution is 6.37. The summed E-state index contributed by atoms with van der Waals surface area (Å²) >= 11 is 0. The van der Waals surface area contributed by atoms with Gasteiger partial charge >= 0.3 is 0 Å². The van der Waals surface area contributed by atoms with Crippen LogP contribution in [0.15, 0.2) is 186 Å². The van der Waals surface area contributed by atoms with Gasteiger partial charge in [0.25, 0.3) is 0 Å². The minimum Gasteiger partial charge on any atom is -0.452 e. The number of aromatic nitrogens is 4. The molecule has 0 fully saturated rings. The van der Waals surface area contributed by atoms with Gasteiger partial charge in [0.1, 0.15) is 16.8 Å². The van der Waals surface area contributed by atoms with E-state index in [1.54, 1.807) is 0 Å². The Labute approximate surface area is 335 Å². The molecule has 0 radical (unpaired) electrons. The van der Waals surface area contributed by atoms with E-state index in [1.807, 2.05) is 18.2 Å². The first kappa shape index (κ1) is 31.1. The number of furan rings is 1. The molecule has 0 aliphatic heterocycles. The normalized spacial score (nSPS) is 12.4. The van der Waals surface area contributed by atoms with E-state index in [0.29, 0.717) is 11.4 Å². The number of nitrogens with zero attached hydrogens (tertiary/aromatic N) is 4. The third-order valence-corrected chi connectivity index (χ3v) is 12.6. The summed E-state index contributed by atoms with van der Waals surface area (Å²) in [6.45, 7) is 0. The Morgan fingerprint density at radius 3 is 1.92 bits per heavy atom. The molecule has 0 bridgehead atoms. The van der Waals surface area contributed by atoms with Crippen LogP contribution in [0.3, 0.4) is 0 Å². The molecule has 0 spiro atoms. The minimum atomic E-state index is 0.672. The van der Waals surface area contributed by atoms with Crippen LogP contribution in [-0.2, 0) is 0 Å². The Balaban J connectivity index is 1.03. The first-order valence-corrected chi connectivity index (χ1v) is 20.1. The van der Waals surface area contributed by atoms with Crippen LogP contribution < -0.4 is 0 Å². The van der Waals surface area contributed by atoms with Gasteiger partial charge in [0.05, 0.1) is 27.6 Å². The number of hydrogen-bond acceptors (Lipinski definition) is 3. The maximum Gasteiger partial charge on any atom is 0.180 e. The van der Waals surface area contributed by atoms with E-state index >= 15 is 0 Å². The molecule has 0 unspecified atom stereocenters. The van der Waals surface area contributed by atoms with E-state index in [0.717, 1.165) is 44.4 Å². The smallest absolute Gasteiger partial charge is 0.180 e. The van der Waals surface area contributed by atoms with Crippen molar-refractivity contribution in [1.29, 1.82) is 0 Å². The molecular weight excluding hydrogens is 721 g/mol. The van der Waals surface area contributed by atoms with Crippen molar-refractivity contribution in [3.63, 3.8) is 0 Å². The summed E-state index contributed by atoms with van der Waals surface area (Å²) in [5, 5.41) is 13.5. The van der Waals surface area contributed by atoms with Crippen molar-refractivity contribution in [2.24, 2.45) is 0 Å². The molecule has 5 nitrogen and oxygen atoms in total. The van der Waals surface area contributed by atoms with Gasteiger partial charge < -0.3 is 13.4 Å². The van der Waals surface area contributed by atoms with E-state index in [1.165, 1.54) is 76.1 Å². The van der Waals surface area contributed by atoms with Gasteiger partial charge in [0, 0.05) is 54.5 Å². The molecule has 0 aliphatic carbocycles. The standard InChI is InChI=1S/C54H30N4O/c1-2-13-34-29-35(22-21-31(34)11-1)54-55-50(53-51(56-54)40-17-7-10-20-46(40)59-53)33-23-26-36(27-24-33)57-42-18-8-5-15-38(42)48-45(57)30-41-47-37-14-4-3-12-32(37)25-28-44(47)58-43-19-9-6-16-39(43)49(48)52(41)58/h1-30H. The topological polar surface area (TPSA) is 48.3 Å². The van der Waals surface area contributed by atoms with Crippen LogP contribution in [0.2, 0.25) is 0 Å². The number of benzene rings is 9. The lowest BCUT2D eigenvalue weighted by Gasteiger charge is -2.11. The van der Waals surface area contributed by atoms with Crippen LogP contribution in [0.5, 0.6) is 0 Å². The molecule has 0 N–H and O–H groups in total. The molecule has 14 aromatic rings. The van der Waals surface area contributed by atoms with E-state index in [9.17, 15) is 0 Å². The lowest BCUT2D eigenvalue weighted by molar-refractivity contribution is 0.667. The van der Waals surface area contributed by atoms with Crippen LogP contribution in [0.4, 0.5) is 0 Å². The number of rotatable bonds is 3. The summed E-state index contributed by atoms with van der Waals surface area (Å²) in [5.41, 5.74) is 12.2. The molecule has 0 aliphatic rings. The number of fused-ring (bicyclic) bond motifs is 16. The second-order valence-electron chi connectivity index (χ2n) is 15.7. The highest BCUT2D eigenvalue weighted by Crippen LogP contribution is 2.48. The average molecular weight is 751 g/mol. The van der Waals surface area contributed by atoms with Crippen molar-refractivity contribution in [1.82, 2.24) is 18.9 Å². The molecule has 0 saturated carbocycles. The predicted molar refractivity (Wildman–Crippen MR) is 244 cm³/mol. The average Bonchev–Trinajstić information content (AvgIpc) is 4.04. The summed E-state index contributed by atoms with van der Waals surface area (Å²) in [6.07, 6.45) is 0. The molecule has 5 heteroatoms. The zero-order valence-electron chi connectivity index (χ0n) is 31.5. The van der Waals surface area contributed by atoms with Gasteiger partial charge in [-0.1, -0.05) is 127 Å². The van der Waals surface area contributed by atoms with E-state index < -0.39 is 0 Å². The molecule has 272 valence electrons. The van der Waals surface area contributed by atoms with Gasteiger partial charge in [0.2, 0.25) is 0 Å². The monoisotopic (exact) mass is 750 g/mol. The highest BCUT2D eigenvalue weighted by Gasteiger charge is 2.25. The second-order valence-corrected chi connectivity index (χ2v) is 15.7. The van der Waals surface area contributed by atoms with Crippen molar-refractivity contribution in [3.05, 3.63) is 182 Å². The summed E-state index contributed by atoms with van der Waals surface area (Å²) < 4.78 is 11.5. The Morgan fingerprint density at radius 1 is 0.407 bits per heavy atom. The second kappa shape index (κ2) is 11.3. The summed E-state index contributed by atoms with van der Waals surface area (Å²) in [5.74, 6) is 0.672. The first-order valence-electron chi connectivity index (χ1n) is 20.1. The lowest BCUT2D eigenvalue weighted by atomic mass is 9.99. The molecule has 5 heterocycles. The largest absolute Gasteiger partial charge is 0.452 e. The zero-order valence-corrected chi connectivity index (χ0v) is 31.5. The predicted octanol–water partition coefficient (Wildman–Crippen LogP) is 14.3. The third kappa shape index (κ3) is 4.13. The van der Waals surface area contributed by atoms with Crippen molar-refractivity contribution < 1.29 is 4.42 Å². The summed E-state index contributed by atoms with van der Waals surface area (Å²) in [6, 6.07) is 65.3. The van der Waals surface area contributed by atoms with Crippen LogP contribution in [0, 0.1) is 0 Å². The molecule has 0 saturated heterocycles. The first-order chi connectivity index (χ1) is 29.3. The Kier molecular flexibility index (Phi) is 5.96. The maximum atomic E-state index is 6.54. The third-order valence-electron chi connectivity index (χ3n) is 12.6. The van der Waals surface area contributed by atoms with Gasteiger partial charge in [-0.15, -0.1) is 0 Å². The molecule has 0 atom stereocenters. The number of para-hydroxylation sites is 3. The summed E-state index contributed by atoms with van der Waals surface area (Å²) in [4.78, 5) is 10.4. The Morgan fingerprint density at radius 2 is 1.07 bits per heavy atom. The van der Waals surface area contributed by atoms with Gasteiger partial charge in [-0.2, -0.15) is 0 Å². The van der Waals surface area contributed by atoms with Crippen molar-refractivity contribution in [2.75, 3.05) is 0 Å². The van der Waals surface area contributed by atoms with Crippen LogP contribution in [0.25, 0.3) is 132 Å². The zero-order chi connectivity index (χ0) is 38.3. The van der Waals surface area contributed by atoms with Crippen LogP contribution in [0.1, 0.15) is 0 Å². The Hall–Kier alpha value is -8.02. The fraction of sp³-hybridized carbons (Fsp3) is 0. The number of hydrogen-bond donors (Lipinski definition) is 0. The molecular formula is C54H30N4O. The Bertz CT molecular complexity index is 4070. The molecule has 9 aromatic carbocycles. The molecule has 0 amide bonds. The lowest BCUT2D eigenvalue weighted by Crippen LogP contribution is -1.96. The molecule has 5 aromatic heterocycles. The SMILES string of the molecule is c1ccc2cc(-c3nc(-c4ccc(-n5c6ccccc6c6c7c8ccccc8n8c9ccc%10ccccc%10c9c(cc65)c78)cc4)c4oc5ccccc5c4n3)ccc2c1. The van der Waals surface area contributed by atoms with Crippen molar-refractivity contribution >= 4 is 104 Å². The fourth-order valence-electron chi connectivity index (χ4n) is 10.1. The quantitative estimate of drug-likeness (QED) is 0.181. The van der Waals surface area contributed by atoms with E-state index in [2.05, 4.69) is 173 Å². The van der Waals surface area contributed by atoms with Gasteiger partial charge in [0.15, 0.2) is 11.4 Å². The van der Waals surface area contributed by atoms with Crippen molar-refractivity contribution in [3.8, 4) is 28.3 Å². The van der Waals surface area contributed by atoms with Crippen LogP contribution in [-0.4, -0.2) is 18.9 Å². The minimum absolute atomic E-state index is 0.672. The highest BCUT2D eigenvalue weighted by atomic mass is 16.3. The van der Waals surface area contributed by atoms with E-state index in [4.69, 9.17) is 14.4 Å². The fourth-order valence-corrected chi connectivity index (χ4v) is 10.1.